The van der Waals surface area contributed by atoms with Crippen molar-refractivity contribution in [1.29, 1.82) is 0 Å². The van der Waals surface area contributed by atoms with Crippen LogP contribution in [0.3, 0.4) is 0 Å². The lowest BCUT2D eigenvalue weighted by Crippen LogP contribution is -2.36. The number of benzene rings is 2. The Balaban J connectivity index is 1.83. The summed E-state index contributed by atoms with van der Waals surface area (Å²) in [5.74, 6) is 0.547. The molecule has 4 nitrogen and oxygen atoms in total. The molecule has 0 aliphatic carbocycles. The quantitative estimate of drug-likeness (QED) is 0.806. The molecule has 2 aromatic carbocycles. The monoisotopic (exact) mass is 376 g/mol. The largest absolute Gasteiger partial charge is 0.484 e. The molecule has 122 valence electrons. The lowest BCUT2D eigenvalue weighted by Gasteiger charge is -2.25. The van der Waals surface area contributed by atoms with Crippen LogP contribution in [0.1, 0.15) is 11.6 Å². The van der Waals surface area contributed by atoms with Gasteiger partial charge in [0, 0.05) is 11.0 Å². The number of nitrogens with zero attached hydrogens (tertiary/aromatic N) is 1. The predicted molar refractivity (Wildman–Crippen MR) is 95.5 cm³/mol. The van der Waals surface area contributed by atoms with Crippen LogP contribution in [0.25, 0.3) is 0 Å². The average molecular weight is 377 g/mol. The lowest BCUT2D eigenvalue weighted by molar-refractivity contribution is -0.123. The van der Waals surface area contributed by atoms with E-state index in [1.54, 1.807) is 0 Å². The van der Waals surface area contributed by atoms with Crippen LogP contribution in [-0.2, 0) is 4.79 Å². The van der Waals surface area contributed by atoms with Crippen molar-refractivity contribution in [2.45, 2.75) is 6.04 Å². The van der Waals surface area contributed by atoms with Crippen molar-refractivity contribution in [3.05, 3.63) is 64.6 Å². The molecule has 0 radical (unpaired) electrons. The highest BCUT2D eigenvalue weighted by atomic mass is 79.9. The standard InChI is InChI=1S/C18H21BrN2O2/c1-21(2)17(14-6-4-3-5-7-14)12-20-18(22)13-23-16-10-8-15(19)9-11-16/h3-11,17H,12-13H2,1-2H3,(H,20,22)/t17-/m1/s1. The number of halogens is 1. The molecule has 0 heterocycles. The first-order valence-electron chi connectivity index (χ1n) is 7.42. The Morgan fingerprint density at radius 1 is 1.13 bits per heavy atom. The van der Waals surface area contributed by atoms with E-state index in [0.29, 0.717) is 12.3 Å². The molecule has 0 aliphatic heterocycles. The van der Waals surface area contributed by atoms with Crippen molar-refractivity contribution in [1.82, 2.24) is 10.2 Å². The number of hydrogen-bond acceptors (Lipinski definition) is 3. The molecule has 2 aromatic rings. The number of carbonyl (C=O) groups excluding carboxylic acids is 1. The van der Waals surface area contributed by atoms with Gasteiger partial charge in [-0.2, -0.15) is 0 Å². The molecule has 1 N–H and O–H groups in total. The van der Waals surface area contributed by atoms with Crippen LogP contribution in [0.4, 0.5) is 0 Å². The fourth-order valence-corrected chi connectivity index (χ4v) is 2.48. The van der Waals surface area contributed by atoms with Crippen molar-refractivity contribution in [3.63, 3.8) is 0 Å². The molecule has 0 bridgehead atoms. The van der Waals surface area contributed by atoms with Gasteiger partial charge in [0.2, 0.25) is 0 Å². The minimum Gasteiger partial charge on any atom is -0.484 e. The summed E-state index contributed by atoms with van der Waals surface area (Å²) in [6.45, 7) is 0.552. The zero-order valence-electron chi connectivity index (χ0n) is 13.3. The van der Waals surface area contributed by atoms with Crippen molar-refractivity contribution in [2.75, 3.05) is 27.2 Å². The van der Waals surface area contributed by atoms with Gasteiger partial charge in [-0.1, -0.05) is 46.3 Å². The number of nitrogens with one attached hydrogen (secondary N) is 1. The summed E-state index contributed by atoms with van der Waals surface area (Å²) in [7, 11) is 4.00. The van der Waals surface area contributed by atoms with Gasteiger partial charge in [-0.15, -0.1) is 0 Å². The normalized spacial score (nSPS) is 12.0. The van der Waals surface area contributed by atoms with Crippen LogP contribution < -0.4 is 10.1 Å². The fourth-order valence-electron chi connectivity index (χ4n) is 2.21. The van der Waals surface area contributed by atoms with Crippen molar-refractivity contribution < 1.29 is 9.53 Å². The number of carbonyl (C=O) groups is 1. The third-order valence-corrected chi connectivity index (χ3v) is 4.01. The van der Waals surface area contributed by atoms with Crippen molar-refractivity contribution in [2.24, 2.45) is 0 Å². The number of hydrogen-bond donors (Lipinski definition) is 1. The summed E-state index contributed by atoms with van der Waals surface area (Å²) >= 11 is 3.36. The fraction of sp³-hybridized carbons (Fsp3) is 0.278. The average Bonchev–Trinajstić information content (AvgIpc) is 2.55. The van der Waals surface area contributed by atoms with Crippen molar-refractivity contribution >= 4 is 21.8 Å². The van der Waals surface area contributed by atoms with E-state index in [1.165, 1.54) is 5.56 Å². The molecule has 0 aliphatic rings. The third-order valence-electron chi connectivity index (χ3n) is 3.48. The zero-order valence-corrected chi connectivity index (χ0v) is 14.9. The molecule has 0 unspecified atom stereocenters. The predicted octanol–water partition coefficient (Wildman–Crippen LogP) is 3.25. The van der Waals surface area contributed by atoms with Gasteiger partial charge >= 0.3 is 0 Å². The molecule has 0 saturated heterocycles. The minimum atomic E-state index is -0.129. The topological polar surface area (TPSA) is 41.6 Å². The van der Waals surface area contributed by atoms with Gasteiger partial charge in [-0.3, -0.25) is 4.79 Å². The first-order chi connectivity index (χ1) is 11.1. The van der Waals surface area contributed by atoms with Gasteiger partial charge in [-0.05, 0) is 43.9 Å². The Hall–Kier alpha value is -1.85. The molecule has 0 fully saturated rings. The van der Waals surface area contributed by atoms with E-state index < -0.39 is 0 Å². The Morgan fingerprint density at radius 3 is 2.39 bits per heavy atom. The Bertz CT molecular complexity index is 615. The second-order valence-corrected chi connectivity index (χ2v) is 6.35. The molecular formula is C18H21BrN2O2. The van der Waals surface area contributed by atoms with Crippen molar-refractivity contribution in [3.8, 4) is 5.75 Å². The van der Waals surface area contributed by atoms with Gasteiger partial charge in [-0.25, -0.2) is 0 Å². The number of amides is 1. The molecule has 0 spiro atoms. The van der Waals surface area contributed by atoms with Crippen LogP contribution in [0.2, 0.25) is 0 Å². The van der Waals surface area contributed by atoms with E-state index in [1.807, 2.05) is 56.6 Å². The molecule has 23 heavy (non-hydrogen) atoms. The molecule has 5 heteroatoms. The first-order valence-corrected chi connectivity index (χ1v) is 8.22. The summed E-state index contributed by atoms with van der Waals surface area (Å²) in [6, 6.07) is 17.7. The highest BCUT2D eigenvalue weighted by Gasteiger charge is 2.15. The highest BCUT2D eigenvalue weighted by molar-refractivity contribution is 9.10. The molecule has 1 atom stereocenters. The van der Waals surface area contributed by atoms with Crippen LogP contribution in [0.15, 0.2) is 59.1 Å². The smallest absolute Gasteiger partial charge is 0.258 e. The van der Waals surface area contributed by atoms with Gasteiger partial charge < -0.3 is 15.0 Å². The second kappa shape index (κ2) is 8.70. The summed E-state index contributed by atoms with van der Waals surface area (Å²) < 4.78 is 6.45. The van der Waals surface area contributed by atoms with E-state index in [2.05, 4.69) is 38.3 Å². The maximum atomic E-state index is 12.0. The molecule has 0 saturated carbocycles. The number of ether oxygens (including phenoxy) is 1. The van der Waals surface area contributed by atoms with E-state index in [0.717, 1.165) is 4.47 Å². The Labute approximate surface area is 145 Å². The maximum Gasteiger partial charge on any atom is 0.258 e. The van der Waals surface area contributed by atoms with Crippen LogP contribution in [0, 0.1) is 0 Å². The number of rotatable bonds is 7. The Morgan fingerprint density at radius 2 is 1.78 bits per heavy atom. The summed E-state index contributed by atoms with van der Waals surface area (Å²) in [6.07, 6.45) is 0. The highest BCUT2D eigenvalue weighted by Crippen LogP contribution is 2.17. The molecule has 2 rings (SSSR count). The zero-order chi connectivity index (χ0) is 16.7. The molecule has 1 amide bonds. The maximum absolute atomic E-state index is 12.0. The molecule has 0 aromatic heterocycles. The van der Waals surface area contributed by atoms with E-state index >= 15 is 0 Å². The second-order valence-electron chi connectivity index (χ2n) is 5.44. The summed E-state index contributed by atoms with van der Waals surface area (Å²) in [4.78, 5) is 14.1. The van der Waals surface area contributed by atoms with Crippen LogP contribution in [0.5, 0.6) is 5.75 Å². The van der Waals surface area contributed by atoms with Gasteiger partial charge in [0.05, 0.1) is 6.04 Å². The Kier molecular flexibility index (Phi) is 6.62. The minimum absolute atomic E-state index is 0.0105. The summed E-state index contributed by atoms with van der Waals surface area (Å²) in [5.41, 5.74) is 1.17. The first kappa shape index (κ1) is 17.5. The molecular weight excluding hydrogens is 356 g/mol. The van der Waals surface area contributed by atoms with Gasteiger partial charge in [0.15, 0.2) is 6.61 Å². The summed E-state index contributed by atoms with van der Waals surface area (Å²) in [5, 5.41) is 2.93. The SMILES string of the molecule is CN(C)[C@H](CNC(=O)COc1ccc(Br)cc1)c1ccccc1. The van der Waals surface area contributed by atoms with Gasteiger partial charge in [0.25, 0.3) is 5.91 Å². The van der Waals surface area contributed by atoms with Gasteiger partial charge in [0.1, 0.15) is 5.75 Å². The third kappa shape index (κ3) is 5.69. The number of likely N-dealkylation sites (N-methyl/N-ethyl adjacent to an activating group) is 1. The van der Waals surface area contributed by atoms with Crippen LogP contribution in [-0.4, -0.2) is 38.1 Å². The van der Waals surface area contributed by atoms with Crippen LogP contribution >= 0.6 is 15.9 Å². The van der Waals surface area contributed by atoms with E-state index in [-0.39, 0.29) is 18.6 Å². The lowest BCUT2D eigenvalue weighted by atomic mass is 10.1. The van der Waals surface area contributed by atoms with E-state index in [4.69, 9.17) is 4.74 Å². The van der Waals surface area contributed by atoms with E-state index in [9.17, 15) is 4.79 Å².